The van der Waals surface area contributed by atoms with E-state index >= 15 is 0 Å². The van der Waals surface area contributed by atoms with Crippen LogP contribution in [0, 0.1) is 0 Å². The van der Waals surface area contributed by atoms with Crippen LogP contribution >= 0.6 is 0 Å². The van der Waals surface area contributed by atoms with Crippen LogP contribution in [-0.2, 0) is 16.1 Å². The number of likely N-dealkylation sites (N-methyl/N-ethyl adjacent to an activating group) is 1. The van der Waals surface area contributed by atoms with Crippen LogP contribution in [0.15, 0.2) is 60.7 Å². The standard InChI is InChI=1S/C20H24N2O3/c1-15(21-20(24)25-14-17-10-6-4-7-11-17)19(23)22(3)16(2)18-12-8-5-9-13-18/h4-13,15-16H,14H2,1-3H3,(H,21,24)/t15-,16-/m1/s1. The number of carbonyl (C=O) groups is 2. The minimum Gasteiger partial charge on any atom is -0.445 e. The van der Waals surface area contributed by atoms with E-state index in [1.807, 2.05) is 67.6 Å². The van der Waals surface area contributed by atoms with Crippen LogP contribution in [0.5, 0.6) is 0 Å². The molecule has 5 heteroatoms. The topological polar surface area (TPSA) is 58.6 Å². The van der Waals surface area contributed by atoms with Crippen molar-refractivity contribution in [3.05, 3.63) is 71.8 Å². The van der Waals surface area contributed by atoms with E-state index in [-0.39, 0.29) is 18.6 Å². The van der Waals surface area contributed by atoms with Gasteiger partial charge in [-0.3, -0.25) is 4.79 Å². The summed E-state index contributed by atoms with van der Waals surface area (Å²) in [6.07, 6.45) is -0.606. The molecule has 2 atom stereocenters. The molecule has 0 heterocycles. The van der Waals surface area contributed by atoms with Crippen LogP contribution in [0.1, 0.15) is 31.0 Å². The molecule has 0 spiro atoms. The summed E-state index contributed by atoms with van der Waals surface area (Å²) in [6, 6.07) is 18.4. The molecular formula is C20H24N2O3. The molecule has 2 aromatic carbocycles. The third-order valence-corrected chi connectivity index (χ3v) is 4.13. The number of benzene rings is 2. The second-order valence-electron chi connectivity index (χ2n) is 5.96. The monoisotopic (exact) mass is 340 g/mol. The van der Waals surface area contributed by atoms with Gasteiger partial charge in [-0.25, -0.2) is 4.79 Å². The lowest BCUT2D eigenvalue weighted by atomic mass is 10.1. The van der Waals surface area contributed by atoms with E-state index in [4.69, 9.17) is 4.74 Å². The molecule has 0 aliphatic carbocycles. The third kappa shape index (κ3) is 5.35. The first kappa shape index (κ1) is 18.5. The predicted molar refractivity (Wildman–Crippen MR) is 96.9 cm³/mol. The Balaban J connectivity index is 1.85. The highest BCUT2D eigenvalue weighted by Crippen LogP contribution is 2.18. The molecule has 0 aliphatic heterocycles. The number of rotatable bonds is 6. The highest BCUT2D eigenvalue weighted by Gasteiger charge is 2.24. The molecule has 132 valence electrons. The number of hydrogen-bond donors (Lipinski definition) is 1. The van der Waals surface area contributed by atoms with Gasteiger partial charge in [-0.05, 0) is 25.0 Å². The zero-order chi connectivity index (χ0) is 18.2. The van der Waals surface area contributed by atoms with E-state index in [9.17, 15) is 9.59 Å². The van der Waals surface area contributed by atoms with Gasteiger partial charge in [-0.15, -0.1) is 0 Å². The Morgan fingerprint density at radius 1 is 1.00 bits per heavy atom. The van der Waals surface area contributed by atoms with Gasteiger partial charge in [-0.2, -0.15) is 0 Å². The number of ether oxygens (including phenoxy) is 1. The smallest absolute Gasteiger partial charge is 0.408 e. The van der Waals surface area contributed by atoms with Crippen molar-refractivity contribution in [2.24, 2.45) is 0 Å². The molecule has 0 bridgehead atoms. The summed E-state index contributed by atoms with van der Waals surface area (Å²) in [6.45, 7) is 3.78. The van der Waals surface area contributed by atoms with E-state index in [1.165, 1.54) is 0 Å². The number of carbonyl (C=O) groups excluding carboxylic acids is 2. The zero-order valence-corrected chi connectivity index (χ0v) is 14.8. The molecule has 0 aromatic heterocycles. The molecule has 25 heavy (non-hydrogen) atoms. The summed E-state index contributed by atoms with van der Waals surface area (Å²) in [7, 11) is 1.73. The van der Waals surface area contributed by atoms with Crippen molar-refractivity contribution >= 4 is 12.0 Å². The molecular weight excluding hydrogens is 316 g/mol. The number of amides is 2. The van der Waals surface area contributed by atoms with Crippen molar-refractivity contribution in [1.82, 2.24) is 10.2 Å². The predicted octanol–water partition coefficient (Wildman–Crippen LogP) is 3.52. The lowest BCUT2D eigenvalue weighted by Crippen LogP contribution is -2.46. The van der Waals surface area contributed by atoms with Gasteiger partial charge in [0.25, 0.3) is 0 Å². The molecule has 2 aromatic rings. The molecule has 0 saturated carbocycles. The van der Waals surface area contributed by atoms with Crippen LogP contribution in [-0.4, -0.2) is 30.0 Å². The molecule has 0 radical (unpaired) electrons. The maximum Gasteiger partial charge on any atom is 0.408 e. The van der Waals surface area contributed by atoms with Gasteiger partial charge in [0.1, 0.15) is 12.6 Å². The van der Waals surface area contributed by atoms with Crippen molar-refractivity contribution in [3.63, 3.8) is 0 Å². The van der Waals surface area contributed by atoms with Crippen molar-refractivity contribution < 1.29 is 14.3 Å². The first-order valence-electron chi connectivity index (χ1n) is 8.28. The Morgan fingerprint density at radius 3 is 2.16 bits per heavy atom. The maximum absolute atomic E-state index is 12.5. The Hall–Kier alpha value is -2.82. The first-order valence-corrected chi connectivity index (χ1v) is 8.28. The fraction of sp³-hybridized carbons (Fsp3) is 0.300. The normalized spacial score (nSPS) is 12.8. The molecule has 2 rings (SSSR count). The first-order chi connectivity index (χ1) is 12.0. The summed E-state index contributed by atoms with van der Waals surface area (Å²) in [5, 5.41) is 2.58. The summed E-state index contributed by atoms with van der Waals surface area (Å²) >= 11 is 0. The number of hydrogen-bond acceptors (Lipinski definition) is 3. The quantitative estimate of drug-likeness (QED) is 0.875. The van der Waals surface area contributed by atoms with Crippen molar-refractivity contribution in [2.45, 2.75) is 32.5 Å². The van der Waals surface area contributed by atoms with Gasteiger partial charge >= 0.3 is 6.09 Å². The highest BCUT2D eigenvalue weighted by molar-refractivity contribution is 5.85. The summed E-state index contributed by atoms with van der Waals surface area (Å²) in [5.74, 6) is -0.173. The lowest BCUT2D eigenvalue weighted by Gasteiger charge is -2.28. The van der Waals surface area contributed by atoms with Crippen molar-refractivity contribution in [3.8, 4) is 0 Å². The van der Waals surface area contributed by atoms with Gasteiger partial charge in [0.2, 0.25) is 5.91 Å². The van der Waals surface area contributed by atoms with Crippen LogP contribution < -0.4 is 5.32 Å². The molecule has 0 fully saturated rings. The molecule has 2 amide bonds. The lowest BCUT2D eigenvalue weighted by molar-refractivity contribution is -0.133. The Kier molecular flexibility index (Phi) is 6.57. The second-order valence-corrected chi connectivity index (χ2v) is 5.96. The highest BCUT2D eigenvalue weighted by atomic mass is 16.5. The van der Waals surface area contributed by atoms with Crippen LogP contribution in [0.4, 0.5) is 4.79 Å². The molecule has 1 N–H and O–H groups in total. The van der Waals surface area contributed by atoms with Gasteiger partial charge in [0.15, 0.2) is 0 Å². The van der Waals surface area contributed by atoms with Crippen molar-refractivity contribution in [1.29, 1.82) is 0 Å². The number of nitrogens with zero attached hydrogens (tertiary/aromatic N) is 1. The Labute approximate surface area is 148 Å². The fourth-order valence-corrected chi connectivity index (χ4v) is 2.45. The summed E-state index contributed by atoms with van der Waals surface area (Å²) < 4.78 is 5.15. The van der Waals surface area contributed by atoms with E-state index in [1.54, 1.807) is 18.9 Å². The fourth-order valence-electron chi connectivity index (χ4n) is 2.45. The van der Waals surface area contributed by atoms with Crippen LogP contribution in [0.25, 0.3) is 0 Å². The van der Waals surface area contributed by atoms with Gasteiger partial charge in [0.05, 0.1) is 6.04 Å². The summed E-state index contributed by atoms with van der Waals surface area (Å²) in [4.78, 5) is 26.0. The zero-order valence-electron chi connectivity index (χ0n) is 14.8. The van der Waals surface area contributed by atoms with E-state index in [0.717, 1.165) is 11.1 Å². The van der Waals surface area contributed by atoms with Crippen LogP contribution in [0.3, 0.4) is 0 Å². The Morgan fingerprint density at radius 2 is 1.56 bits per heavy atom. The number of nitrogens with one attached hydrogen (secondary N) is 1. The molecule has 0 unspecified atom stereocenters. The average molecular weight is 340 g/mol. The molecule has 5 nitrogen and oxygen atoms in total. The minimum absolute atomic E-state index is 0.0849. The largest absolute Gasteiger partial charge is 0.445 e. The van der Waals surface area contributed by atoms with E-state index in [2.05, 4.69) is 5.32 Å². The van der Waals surface area contributed by atoms with E-state index < -0.39 is 12.1 Å². The van der Waals surface area contributed by atoms with Gasteiger partial charge in [0, 0.05) is 7.05 Å². The second kappa shape index (κ2) is 8.87. The SMILES string of the molecule is C[C@H](c1ccccc1)N(C)C(=O)[C@@H](C)NC(=O)OCc1ccccc1. The van der Waals surface area contributed by atoms with Crippen LogP contribution in [0.2, 0.25) is 0 Å². The minimum atomic E-state index is -0.667. The third-order valence-electron chi connectivity index (χ3n) is 4.13. The van der Waals surface area contributed by atoms with Gasteiger partial charge in [-0.1, -0.05) is 60.7 Å². The number of alkyl carbamates (subject to hydrolysis) is 1. The average Bonchev–Trinajstić information content (AvgIpc) is 2.66. The van der Waals surface area contributed by atoms with E-state index in [0.29, 0.717) is 0 Å². The van der Waals surface area contributed by atoms with Gasteiger partial charge < -0.3 is 15.0 Å². The van der Waals surface area contributed by atoms with Crippen molar-refractivity contribution in [2.75, 3.05) is 7.05 Å². The maximum atomic E-state index is 12.5. The Bertz CT molecular complexity index is 689. The molecule has 0 saturated heterocycles. The summed E-state index contributed by atoms with van der Waals surface area (Å²) in [5.41, 5.74) is 1.93. The molecule has 0 aliphatic rings.